The molecule has 0 saturated carbocycles. The molecule has 1 saturated heterocycles. The summed E-state index contributed by atoms with van der Waals surface area (Å²) < 4.78 is 11.1. The fourth-order valence-corrected chi connectivity index (χ4v) is 2.61. The summed E-state index contributed by atoms with van der Waals surface area (Å²) in [6.45, 7) is 1.50. The van der Waals surface area contributed by atoms with Gasteiger partial charge in [0.2, 0.25) is 0 Å². The Bertz CT molecular complexity index is 559. The highest BCUT2D eigenvalue weighted by Crippen LogP contribution is 2.20. The molecule has 1 aliphatic heterocycles. The predicted octanol–water partition coefficient (Wildman–Crippen LogP) is 2.35. The monoisotopic (exact) mass is 287 g/mol. The molecule has 5 heteroatoms. The van der Waals surface area contributed by atoms with E-state index in [0.717, 1.165) is 43.7 Å². The lowest BCUT2D eigenvalue weighted by Gasteiger charge is -2.20. The maximum absolute atomic E-state index is 5.71. The molecule has 2 aromatic rings. The van der Waals surface area contributed by atoms with Crippen molar-refractivity contribution in [3.8, 4) is 11.5 Å². The van der Waals surface area contributed by atoms with Gasteiger partial charge in [0, 0.05) is 18.6 Å². The number of benzene rings is 1. The number of nitrogens with two attached hydrogens (primary N) is 1. The highest BCUT2D eigenvalue weighted by molar-refractivity contribution is 5.53. The van der Waals surface area contributed by atoms with Crippen LogP contribution in [-0.2, 0) is 17.6 Å². The minimum absolute atomic E-state index is 0.233. The topological polar surface area (TPSA) is 74.2 Å². The fourth-order valence-electron chi connectivity index (χ4n) is 2.61. The minimum Gasteiger partial charge on any atom is -0.378 e. The number of rotatable bonds is 5. The van der Waals surface area contributed by atoms with E-state index < -0.39 is 0 Å². The normalized spacial score (nSPS) is 18.8. The second kappa shape index (κ2) is 6.83. The standard InChI is InChI=1S/C16H21N3O2/c17-9-8-12-4-6-13(7-5-12)16-18-15(19-21-16)11-14-3-1-2-10-20-14/h4-7,14H,1-3,8-11,17H2. The van der Waals surface area contributed by atoms with Gasteiger partial charge < -0.3 is 15.0 Å². The minimum atomic E-state index is 0.233. The number of hydrogen-bond acceptors (Lipinski definition) is 5. The second-order valence-corrected chi connectivity index (χ2v) is 5.44. The average Bonchev–Trinajstić information content (AvgIpc) is 2.98. The Morgan fingerprint density at radius 1 is 1.19 bits per heavy atom. The van der Waals surface area contributed by atoms with E-state index in [9.17, 15) is 0 Å². The molecule has 1 aromatic carbocycles. The second-order valence-electron chi connectivity index (χ2n) is 5.44. The van der Waals surface area contributed by atoms with E-state index in [2.05, 4.69) is 22.3 Å². The van der Waals surface area contributed by atoms with Crippen molar-refractivity contribution in [2.24, 2.45) is 5.73 Å². The molecular formula is C16H21N3O2. The van der Waals surface area contributed by atoms with Gasteiger partial charge in [0.15, 0.2) is 5.82 Å². The highest BCUT2D eigenvalue weighted by atomic mass is 16.5. The van der Waals surface area contributed by atoms with Crippen LogP contribution in [0.25, 0.3) is 11.5 Å². The van der Waals surface area contributed by atoms with Gasteiger partial charge in [-0.15, -0.1) is 0 Å². The molecule has 0 bridgehead atoms. The third-order valence-electron chi connectivity index (χ3n) is 3.79. The quantitative estimate of drug-likeness (QED) is 0.913. The van der Waals surface area contributed by atoms with Crippen LogP contribution in [0, 0.1) is 0 Å². The Balaban J connectivity index is 1.66. The van der Waals surface area contributed by atoms with Gasteiger partial charge in [0.05, 0.1) is 6.10 Å². The molecule has 1 fully saturated rings. The van der Waals surface area contributed by atoms with Gasteiger partial charge in [-0.05, 0) is 49.9 Å². The van der Waals surface area contributed by atoms with Crippen LogP contribution < -0.4 is 5.73 Å². The van der Waals surface area contributed by atoms with E-state index in [1.54, 1.807) is 0 Å². The Morgan fingerprint density at radius 2 is 2.05 bits per heavy atom. The average molecular weight is 287 g/mol. The van der Waals surface area contributed by atoms with Gasteiger partial charge in [-0.25, -0.2) is 0 Å². The largest absolute Gasteiger partial charge is 0.378 e. The molecule has 5 nitrogen and oxygen atoms in total. The van der Waals surface area contributed by atoms with Crippen LogP contribution in [0.2, 0.25) is 0 Å². The van der Waals surface area contributed by atoms with Crippen molar-refractivity contribution in [2.75, 3.05) is 13.2 Å². The lowest BCUT2D eigenvalue weighted by atomic mass is 10.1. The van der Waals surface area contributed by atoms with Gasteiger partial charge >= 0.3 is 0 Å². The summed E-state index contributed by atoms with van der Waals surface area (Å²) in [5, 5.41) is 4.06. The first kappa shape index (κ1) is 14.2. The molecule has 3 rings (SSSR count). The van der Waals surface area contributed by atoms with E-state index in [-0.39, 0.29) is 6.10 Å². The summed E-state index contributed by atoms with van der Waals surface area (Å²) in [5.41, 5.74) is 7.71. The molecular weight excluding hydrogens is 266 g/mol. The van der Waals surface area contributed by atoms with Crippen LogP contribution >= 0.6 is 0 Å². The third-order valence-corrected chi connectivity index (χ3v) is 3.79. The van der Waals surface area contributed by atoms with Gasteiger partial charge in [-0.3, -0.25) is 0 Å². The van der Waals surface area contributed by atoms with E-state index in [1.807, 2.05) is 12.1 Å². The number of nitrogens with zero attached hydrogens (tertiary/aromatic N) is 2. The highest BCUT2D eigenvalue weighted by Gasteiger charge is 2.18. The first-order valence-electron chi connectivity index (χ1n) is 7.59. The summed E-state index contributed by atoms with van der Waals surface area (Å²) in [5.74, 6) is 1.29. The molecule has 112 valence electrons. The molecule has 0 radical (unpaired) electrons. The summed E-state index contributed by atoms with van der Waals surface area (Å²) in [4.78, 5) is 4.47. The summed E-state index contributed by atoms with van der Waals surface area (Å²) in [6.07, 6.45) is 5.30. The lowest BCUT2D eigenvalue weighted by molar-refractivity contribution is 0.0153. The zero-order chi connectivity index (χ0) is 14.5. The Kier molecular flexibility index (Phi) is 4.62. The van der Waals surface area contributed by atoms with Gasteiger partial charge in [0.1, 0.15) is 0 Å². The van der Waals surface area contributed by atoms with Crippen molar-refractivity contribution in [3.63, 3.8) is 0 Å². The SMILES string of the molecule is NCCc1ccc(-c2nc(CC3CCCCO3)no2)cc1. The van der Waals surface area contributed by atoms with Crippen LogP contribution in [0.4, 0.5) is 0 Å². The molecule has 0 aliphatic carbocycles. The van der Waals surface area contributed by atoms with Crippen LogP contribution in [0.1, 0.15) is 30.7 Å². The number of hydrogen-bond donors (Lipinski definition) is 1. The fraction of sp³-hybridized carbons (Fsp3) is 0.500. The first-order valence-corrected chi connectivity index (χ1v) is 7.59. The molecule has 0 amide bonds. The van der Waals surface area contributed by atoms with E-state index in [0.29, 0.717) is 12.4 Å². The third kappa shape index (κ3) is 3.68. The van der Waals surface area contributed by atoms with Gasteiger partial charge in [0.25, 0.3) is 5.89 Å². The zero-order valence-electron chi connectivity index (χ0n) is 12.1. The molecule has 0 spiro atoms. The van der Waals surface area contributed by atoms with Crippen LogP contribution in [0.5, 0.6) is 0 Å². The number of ether oxygens (including phenoxy) is 1. The summed E-state index contributed by atoms with van der Waals surface area (Å²) in [7, 11) is 0. The van der Waals surface area contributed by atoms with E-state index in [4.69, 9.17) is 15.0 Å². The van der Waals surface area contributed by atoms with Gasteiger partial charge in [-0.2, -0.15) is 4.98 Å². The molecule has 1 aromatic heterocycles. The molecule has 1 unspecified atom stereocenters. The molecule has 1 aliphatic rings. The molecule has 21 heavy (non-hydrogen) atoms. The summed E-state index contributed by atoms with van der Waals surface area (Å²) >= 11 is 0. The first-order chi connectivity index (χ1) is 10.3. The zero-order valence-corrected chi connectivity index (χ0v) is 12.1. The maximum Gasteiger partial charge on any atom is 0.257 e. The van der Waals surface area contributed by atoms with E-state index in [1.165, 1.54) is 12.0 Å². The van der Waals surface area contributed by atoms with Gasteiger partial charge in [-0.1, -0.05) is 17.3 Å². The Morgan fingerprint density at radius 3 is 2.76 bits per heavy atom. The predicted molar refractivity (Wildman–Crippen MR) is 79.8 cm³/mol. The Labute approximate surface area is 124 Å². The smallest absolute Gasteiger partial charge is 0.257 e. The lowest BCUT2D eigenvalue weighted by Crippen LogP contribution is -2.21. The van der Waals surface area contributed by atoms with Crippen LogP contribution in [0.3, 0.4) is 0 Å². The van der Waals surface area contributed by atoms with Crippen molar-refractivity contribution in [3.05, 3.63) is 35.7 Å². The summed E-state index contributed by atoms with van der Waals surface area (Å²) in [6, 6.07) is 8.10. The Hall–Kier alpha value is -1.72. The molecule has 1 atom stereocenters. The van der Waals surface area contributed by atoms with Crippen LogP contribution in [-0.4, -0.2) is 29.4 Å². The van der Waals surface area contributed by atoms with Crippen molar-refractivity contribution in [1.29, 1.82) is 0 Å². The molecule has 2 heterocycles. The van der Waals surface area contributed by atoms with Crippen molar-refractivity contribution in [2.45, 2.75) is 38.2 Å². The van der Waals surface area contributed by atoms with E-state index >= 15 is 0 Å². The molecule has 2 N–H and O–H groups in total. The van der Waals surface area contributed by atoms with Crippen molar-refractivity contribution in [1.82, 2.24) is 10.1 Å². The number of aromatic nitrogens is 2. The van der Waals surface area contributed by atoms with Crippen LogP contribution in [0.15, 0.2) is 28.8 Å². The van der Waals surface area contributed by atoms with Crippen molar-refractivity contribution < 1.29 is 9.26 Å². The van der Waals surface area contributed by atoms with Crippen molar-refractivity contribution >= 4 is 0 Å². The maximum atomic E-state index is 5.71.